The number of aromatic nitrogens is 2. The van der Waals surface area contributed by atoms with Gasteiger partial charge >= 0.3 is 12.2 Å². The number of halogens is 3. The van der Waals surface area contributed by atoms with E-state index < -0.39 is 17.8 Å². The van der Waals surface area contributed by atoms with Gasteiger partial charge in [0.05, 0.1) is 11.3 Å². The number of alkyl halides is 3. The number of hydrogen-bond donors (Lipinski definition) is 2. The normalized spacial score (nSPS) is 15.5. The fourth-order valence-electron chi connectivity index (χ4n) is 2.94. The van der Waals surface area contributed by atoms with Crippen molar-refractivity contribution in [1.82, 2.24) is 9.97 Å². The topological polar surface area (TPSA) is 70.2 Å². The molecule has 1 aromatic heterocycles. The second kappa shape index (κ2) is 7.81. The van der Waals surface area contributed by atoms with Gasteiger partial charge in [-0.3, -0.25) is 5.32 Å². The van der Waals surface area contributed by atoms with Crippen LogP contribution in [0.3, 0.4) is 0 Å². The van der Waals surface area contributed by atoms with E-state index in [-0.39, 0.29) is 11.5 Å². The van der Waals surface area contributed by atoms with E-state index in [2.05, 4.69) is 32.4 Å². The second-order valence-electron chi connectivity index (χ2n) is 6.55. The molecule has 2 amide bonds. The first-order chi connectivity index (χ1) is 12.8. The van der Waals surface area contributed by atoms with Gasteiger partial charge in [-0.15, -0.1) is 0 Å². The van der Waals surface area contributed by atoms with E-state index in [0.717, 1.165) is 32.0 Å². The van der Waals surface area contributed by atoms with Crippen LogP contribution >= 0.6 is 0 Å². The lowest BCUT2D eigenvalue weighted by Gasteiger charge is -2.31. The maximum absolute atomic E-state index is 13.0. The summed E-state index contributed by atoms with van der Waals surface area (Å²) >= 11 is 0. The molecule has 0 saturated carbocycles. The summed E-state index contributed by atoms with van der Waals surface area (Å²) in [5.74, 6) is 1.57. The SMILES string of the molecule is CC1CCN(c2cc(NC(=O)Nc3ccccc3C(F)(F)F)ncn2)CC1. The summed E-state index contributed by atoms with van der Waals surface area (Å²) < 4.78 is 39.0. The zero-order chi connectivity index (χ0) is 19.4. The van der Waals surface area contributed by atoms with Gasteiger partial charge in [0.1, 0.15) is 18.0 Å². The van der Waals surface area contributed by atoms with Crippen LogP contribution in [0.25, 0.3) is 0 Å². The third-order valence-corrected chi connectivity index (χ3v) is 4.48. The third kappa shape index (κ3) is 4.87. The Hall–Kier alpha value is -2.84. The van der Waals surface area contributed by atoms with Gasteiger partial charge in [-0.05, 0) is 30.9 Å². The van der Waals surface area contributed by atoms with Crippen LogP contribution in [-0.2, 0) is 6.18 Å². The summed E-state index contributed by atoms with van der Waals surface area (Å²) in [6.07, 6.45) is -1.12. The number of hydrogen-bond acceptors (Lipinski definition) is 4. The Morgan fingerprint density at radius 2 is 1.85 bits per heavy atom. The lowest BCUT2D eigenvalue weighted by molar-refractivity contribution is -0.136. The molecular formula is C18H20F3N5O. The molecule has 0 aliphatic carbocycles. The Labute approximate surface area is 154 Å². The van der Waals surface area contributed by atoms with Crippen molar-refractivity contribution in [1.29, 1.82) is 0 Å². The number of nitrogens with one attached hydrogen (secondary N) is 2. The summed E-state index contributed by atoms with van der Waals surface area (Å²) in [5, 5.41) is 4.69. The number of carbonyl (C=O) groups excluding carboxylic acids is 1. The lowest BCUT2D eigenvalue weighted by Crippen LogP contribution is -2.33. The van der Waals surface area contributed by atoms with E-state index in [9.17, 15) is 18.0 Å². The molecule has 144 valence electrons. The summed E-state index contributed by atoms with van der Waals surface area (Å²) in [4.78, 5) is 22.4. The van der Waals surface area contributed by atoms with Crippen molar-refractivity contribution >= 4 is 23.4 Å². The van der Waals surface area contributed by atoms with Crippen molar-refractivity contribution in [3.8, 4) is 0 Å². The molecule has 1 aromatic carbocycles. The van der Waals surface area contributed by atoms with E-state index in [0.29, 0.717) is 11.7 Å². The Morgan fingerprint density at radius 3 is 2.56 bits per heavy atom. The Morgan fingerprint density at radius 1 is 1.15 bits per heavy atom. The maximum atomic E-state index is 13.0. The average Bonchev–Trinajstić information content (AvgIpc) is 2.62. The molecule has 0 atom stereocenters. The number of piperidine rings is 1. The number of urea groups is 1. The molecule has 2 heterocycles. The largest absolute Gasteiger partial charge is 0.418 e. The van der Waals surface area contributed by atoms with Crippen molar-refractivity contribution in [3.63, 3.8) is 0 Å². The Bertz CT molecular complexity index is 804. The highest BCUT2D eigenvalue weighted by Gasteiger charge is 2.33. The van der Waals surface area contributed by atoms with E-state index >= 15 is 0 Å². The summed E-state index contributed by atoms with van der Waals surface area (Å²) in [6, 6.07) is 5.61. The number of rotatable bonds is 3. The predicted molar refractivity (Wildman–Crippen MR) is 96.7 cm³/mol. The molecule has 27 heavy (non-hydrogen) atoms. The smallest absolute Gasteiger partial charge is 0.356 e. The molecule has 2 aromatic rings. The molecule has 0 bridgehead atoms. The number of nitrogens with zero attached hydrogens (tertiary/aromatic N) is 3. The Kier molecular flexibility index (Phi) is 5.48. The first kappa shape index (κ1) is 18.9. The molecular weight excluding hydrogens is 359 g/mol. The highest BCUT2D eigenvalue weighted by molar-refractivity contribution is 5.99. The Balaban J connectivity index is 1.68. The van der Waals surface area contributed by atoms with Crippen LogP contribution in [0.4, 0.5) is 35.3 Å². The number of amides is 2. The quantitative estimate of drug-likeness (QED) is 0.831. The monoisotopic (exact) mass is 379 g/mol. The minimum atomic E-state index is -4.56. The van der Waals surface area contributed by atoms with E-state index in [1.807, 2.05) is 0 Å². The van der Waals surface area contributed by atoms with Crippen LogP contribution in [0.15, 0.2) is 36.7 Å². The highest BCUT2D eigenvalue weighted by Crippen LogP contribution is 2.34. The van der Waals surface area contributed by atoms with Gasteiger partial charge in [0.15, 0.2) is 0 Å². The van der Waals surface area contributed by atoms with Crippen molar-refractivity contribution < 1.29 is 18.0 Å². The number of anilines is 3. The number of carbonyl (C=O) groups is 1. The number of para-hydroxylation sites is 1. The molecule has 0 radical (unpaired) electrons. The van der Waals surface area contributed by atoms with E-state index in [1.54, 1.807) is 6.07 Å². The molecule has 2 N–H and O–H groups in total. The minimum Gasteiger partial charge on any atom is -0.356 e. The van der Waals surface area contributed by atoms with Crippen molar-refractivity contribution in [3.05, 3.63) is 42.2 Å². The van der Waals surface area contributed by atoms with Crippen molar-refractivity contribution in [2.75, 3.05) is 28.6 Å². The van der Waals surface area contributed by atoms with Gasteiger partial charge in [0, 0.05) is 19.2 Å². The molecule has 1 aliphatic heterocycles. The van der Waals surface area contributed by atoms with Gasteiger partial charge in [0.25, 0.3) is 0 Å². The third-order valence-electron chi connectivity index (χ3n) is 4.48. The molecule has 1 fully saturated rings. The first-order valence-electron chi connectivity index (χ1n) is 8.64. The zero-order valence-corrected chi connectivity index (χ0v) is 14.8. The van der Waals surface area contributed by atoms with Crippen LogP contribution in [-0.4, -0.2) is 29.1 Å². The summed E-state index contributed by atoms with van der Waals surface area (Å²) in [6.45, 7) is 3.93. The van der Waals surface area contributed by atoms with Gasteiger partial charge in [-0.25, -0.2) is 14.8 Å². The molecule has 0 unspecified atom stereocenters. The summed E-state index contributed by atoms with van der Waals surface area (Å²) in [5.41, 5.74) is -1.23. The van der Waals surface area contributed by atoms with Crippen LogP contribution in [0.5, 0.6) is 0 Å². The molecule has 0 spiro atoms. The predicted octanol–water partition coefficient (Wildman–Crippen LogP) is 4.38. The van der Waals surface area contributed by atoms with Crippen LogP contribution in [0.1, 0.15) is 25.3 Å². The number of benzene rings is 1. The molecule has 3 rings (SSSR count). The van der Waals surface area contributed by atoms with Gasteiger partial charge < -0.3 is 10.2 Å². The average molecular weight is 379 g/mol. The van der Waals surface area contributed by atoms with Crippen LogP contribution < -0.4 is 15.5 Å². The van der Waals surface area contributed by atoms with Crippen LogP contribution in [0.2, 0.25) is 0 Å². The molecule has 9 heteroatoms. The van der Waals surface area contributed by atoms with Gasteiger partial charge in [-0.2, -0.15) is 13.2 Å². The van der Waals surface area contributed by atoms with E-state index in [1.165, 1.54) is 24.5 Å². The lowest BCUT2D eigenvalue weighted by atomic mass is 9.99. The standard InChI is InChI=1S/C18H20F3N5O/c1-12-6-8-26(9-7-12)16-10-15(22-11-23-16)25-17(27)24-14-5-3-2-4-13(14)18(19,20)21/h2-5,10-12H,6-9H2,1H3,(H2,22,23,24,25,27). The maximum Gasteiger partial charge on any atom is 0.418 e. The fraction of sp³-hybridized carbons (Fsp3) is 0.389. The van der Waals surface area contributed by atoms with Gasteiger partial charge in [0.2, 0.25) is 0 Å². The minimum absolute atomic E-state index is 0.223. The van der Waals surface area contributed by atoms with Crippen LogP contribution in [0, 0.1) is 5.92 Å². The van der Waals surface area contributed by atoms with Crippen molar-refractivity contribution in [2.45, 2.75) is 25.9 Å². The second-order valence-corrected chi connectivity index (χ2v) is 6.55. The van der Waals surface area contributed by atoms with Crippen molar-refractivity contribution in [2.24, 2.45) is 5.92 Å². The first-order valence-corrected chi connectivity index (χ1v) is 8.64. The summed E-state index contributed by atoms with van der Waals surface area (Å²) in [7, 11) is 0. The van der Waals surface area contributed by atoms with Gasteiger partial charge in [-0.1, -0.05) is 19.1 Å². The molecule has 1 aliphatic rings. The molecule has 1 saturated heterocycles. The van der Waals surface area contributed by atoms with E-state index in [4.69, 9.17) is 0 Å². The zero-order valence-electron chi connectivity index (χ0n) is 14.8. The fourth-order valence-corrected chi connectivity index (χ4v) is 2.94. The highest BCUT2D eigenvalue weighted by atomic mass is 19.4. The molecule has 6 nitrogen and oxygen atoms in total.